The number of nitrogens with two attached hydrogens (primary N) is 1. The van der Waals surface area contributed by atoms with Crippen molar-refractivity contribution >= 4 is 16.7 Å². The van der Waals surface area contributed by atoms with Gasteiger partial charge in [0.25, 0.3) is 0 Å². The molecule has 3 rings (SSSR count). The van der Waals surface area contributed by atoms with Crippen molar-refractivity contribution in [1.82, 2.24) is 10.4 Å². The molecule has 1 fully saturated rings. The zero-order chi connectivity index (χ0) is 13.1. The Hall–Kier alpha value is -1.94. The summed E-state index contributed by atoms with van der Waals surface area (Å²) in [4.78, 5) is 9.13. The summed E-state index contributed by atoms with van der Waals surface area (Å²) in [7, 11) is 0. The van der Waals surface area contributed by atoms with Crippen LogP contribution in [-0.2, 0) is 0 Å². The summed E-state index contributed by atoms with van der Waals surface area (Å²) in [5.74, 6) is 6.44. The maximum Gasteiger partial charge on any atom is 0.143 e. The van der Waals surface area contributed by atoms with Gasteiger partial charge >= 0.3 is 0 Å². The number of aromatic nitrogens is 1. The minimum atomic E-state index is 0.401. The van der Waals surface area contributed by atoms with Crippen LogP contribution in [0, 0.1) is 0 Å². The van der Waals surface area contributed by atoms with Crippen molar-refractivity contribution in [2.24, 2.45) is 10.8 Å². The van der Waals surface area contributed by atoms with Gasteiger partial charge in [0.1, 0.15) is 5.84 Å². The summed E-state index contributed by atoms with van der Waals surface area (Å²) in [6.07, 6.45) is 6.66. The number of hydrogen-bond donors (Lipinski definition) is 2. The Balaban J connectivity index is 2.05. The number of fused-ring (bicyclic) bond motifs is 1. The number of amidine groups is 1. The van der Waals surface area contributed by atoms with Crippen molar-refractivity contribution in [2.75, 3.05) is 0 Å². The van der Waals surface area contributed by atoms with Gasteiger partial charge in [-0.05, 0) is 25.0 Å². The largest absolute Gasteiger partial charge is 0.308 e. The van der Waals surface area contributed by atoms with E-state index in [1.165, 1.54) is 12.8 Å². The van der Waals surface area contributed by atoms with Crippen LogP contribution >= 0.6 is 0 Å². The maximum atomic E-state index is 5.67. The quantitative estimate of drug-likeness (QED) is 0.374. The first-order valence-electron chi connectivity index (χ1n) is 6.77. The lowest BCUT2D eigenvalue weighted by atomic mass is 10.1. The second kappa shape index (κ2) is 5.36. The highest BCUT2D eigenvalue weighted by molar-refractivity contribution is 6.08. The third-order valence-electron chi connectivity index (χ3n) is 3.67. The monoisotopic (exact) mass is 254 g/mol. The standard InChI is InChI=1S/C15H18N4/c16-19-15(18-11-5-1-2-6-11)13-7-3-9-14-12(13)8-4-10-17-14/h3-4,7-11H,1-2,5-6,16H2,(H,18,19). The zero-order valence-electron chi connectivity index (χ0n) is 10.8. The van der Waals surface area contributed by atoms with Crippen molar-refractivity contribution in [3.05, 3.63) is 42.1 Å². The molecule has 0 saturated heterocycles. The average Bonchev–Trinajstić information content (AvgIpc) is 2.97. The van der Waals surface area contributed by atoms with Crippen LogP contribution in [-0.4, -0.2) is 16.9 Å². The number of rotatable bonds is 2. The summed E-state index contributed by atoms with van der Waals surface area (Å²) in [5.41, 5.74) is 4.75. The van der Waals surface area contributed by atoms with Gasteiger partial charge in [0.2, 0.25) is 0 Å². The molecule has 0 unspecified atom stereocenters. The van der Waals surface area contributed by atoms with Gasteiger partial charge in [-0.15, -0.1) is 0 Å². The van der Waals surface area contributed by atoms with Crippen molar-refractivity contribution in [1.29, 1.82) is 0 Å². The molecule has 0 spiro atoms. The van der Waals surface area contributed by atoms with Gasteiger partial charge in [-0.3, -0.25) is 9.98 Å². The maximum absolute atomic E-state index is 5.67. The van der Waals surface area contributed by atoms with Crippen LogP contribution in [0.1, 0.15) is 31.2 Å². The van der Waals surface area contributed by atoms with Crippen molar-refractivity contribution in [3.63, 3.8) is 0 Å². The topological polar surface area (TPSA) is 63.3 Å². The molecule has 0 amide bonds. The first-order valence-corrected chi connectivity index (χ1v) is 6.77. The molecule has 19 heavy (non-hydrogen) atoms. The summed E-state index contributed by atoms with van der Waals surface area (Å²) in [5, 5.41) is 1.08. The van der Waals surface area contributed by atoms with E-state index in [2.05, 4.69) is 16.5 Å². The molecule has 3 N–H and O–H groups in total. The number of benzene rings is 1. The van der Waals surface area contributed by atoms with E-state index >= 15 is 0 Å². The highest BCUT2D eigenvalue weighted by atomic mass is 15.3. The van der Waals surface area contributed by atoms with E-state index in [1.54, 1.807) is 6.20 Å². The molecule has 0 aliphatic heterocycles. The molecule has 0 bridgehead atoms. The van der Waals surface area contributed by atoms with E-state index in [0.717, 1.165) is 35.1 Å². The van der Waals surface area contributed by atoms with Gasteiger partial charge in [0.05, 0.1) is 11.6 Å². The van der Waals surface area contributed by atoms with Crippen LogP contribution in [0.5, 0.6) is 0 Å². The Kier molecular flexibility index (Phi) is 3.42. The molecule has 1 aliphatic rings. The normalized spacial score (nSPS) is 17.0. The highest BCUT2D eigenvalue weighted by Gasteiger charge is 2.16. The fourth-order valence-electron chi connectivity index (χ4n) is 2.71. The molecule has 0 radical (unpaired) electrons. The Morgan fingerprint density at radius 2 is 2.05 bits per heavy atom. The minimum absolute atomic E-state index is 0.401. The van der Waals surface area contributed by atoms with E-state index in [0.29, 0.717) is 6.04 Å². The Labute approximate surface area is 112 Å². The second-order valence-electron chi connectivity index (χ2n) is 4.94. The van der Waals surface area contributed by atoms with Gasteiger partial charge < -0.3 is 5.43 Å². The van der Waals surface area contributed by atoms with E-state index in [-0.39, 0.29) is 0 Å². The molecule has 0 atom stereocenters. The lowest BCUT2D eigenvalue weighted by Crippen LogP contribution is -2.32. The molecule has 1 saturated carbocycles. The molecule has 1 aromatic heterocycles. The number of aliphatic imine (C=N–C) groups is 1. The third kappa shape index (κ3) is 2.44. The lowest BCUT2D eigenvalue weighted by molar-refractivity contribution is 0.701. The summed E-state index contributed by atoms with van der Waals surface area (Å²) >= 11 is 0. The van der Waals surface area contributed by atoms with E-state index in [1.807, 2.05) is 24.3 Å². The van der Waals surface area contributed by atoms with Crippen LogP contribution in [0.25, 0.3) is 10.9 Å². The number of hydrogen-bond acceptors (Lipinski definition) is 3. The summed E-state index contributed by atoms with van der Waals surface area (Å²) in [6.45, 7) is 0. The minimum Gasteiger partial charge on any atom is -0.308 e. The van der Waals surface area contributed by atoms with Crippen LogP contribution in [0.3, 0.4) is 0 Å². The number of nitrogens with zero attached hydrogens (tertiary/aromatic N) is 2. The Morgan fingerprint density at radius 1 is 1.21 bits per heavy atom. The number of pyridine rings is 1. The first kappa shape index (κ1) is 12.1. The van der Waals surface area contributed by atoms with Crippen molar-refractivity contribution in [2.45, 2.75) is 31.7 Å². The lowest BCUT2D eigenvalue weighted by Gasteiger charge is -2.11. The molecule has 1 aromatic carbocycles. The SMILES string of the molecule is NNC(=NC1CCCC1)c1cccc2ncccc12. The molecule has 98 valence electrons. The molecular weight excluding hydrogens is 236 g/mol. The highest BCUT2D eigenvalue weighted by Crippen LogP contribution is 2.23. The van der Waals surface area contributed by atoms with Gasteiger partial charge in [-0.1, -0.05) is 31.0 Å². The van der Waals surface area contributed by atoms with Gasteiger partial charge in [-0.25, -0.2) is 5.84 Å². The van der Waals surface area contributed by atoms with Crippen LogP contribution in [0.2, 0.25) is 0 Å². The van der Waals surface area contributed by atoms with E-state index in [9.17, 15) is 0 Å². The van der Waals surface area contributed by atoms with Gasteiger partial charge in [-0.2, -0.15) is 0 Å². The molecule has 4 nitrogen and oxygen atoms in total. The predicted octanol–water partition coefficient (Wildman–Crippen LogP) is 2.39. The van der Waals surface area contributed by atoms with E-state index in [4.69, 9.17) is 10.8 Å². The molecule has 4 heteroatoms. The molecular formula is C15H18N4. The zero-order valence-corrected chi connectivity index (χ0v) is 10.8. The number of nitrogens with one attached hydrogen (secondary N) is 1. The Morgan fingerprint density at radius 3 is 2.84 bits per heavy atom. The number of hydrazine groups is 1. The second-order valence-corrected chi connectivity index (χ2v) is 4.94. The van der Waals surface area contributed by atoms with Crippen LogP contribution in [0.4, 0.5) is 0 Å². The first-order chi connectivity index (χ1) is 9.38. The molecule has 2 aromatic rings. The van der Waals surface area contributed by atoms with Crippen LogP contribution < -0.4 is 11.3 Å². The van der Waals surface area contributed by atoms with Crippen molar-refractivity contribution < 1.29 is 0 Å². The third-order valence-corrected chi connectivity index (χ3v) is 3.67. The fourth-order valence-corrected chi connectivity index (χ4v) is 2.71. The Bertz CT molecular complexity index is 595. The average molecular weight is 254 g/mol. The van der Waals surface area contributed by atoms with Gasteiger partial charge in [0.15, 0.2) is 0 Å². The van der Waals surface area contributed by atoms with Crippen LogP contribution in [0.15, 0.2) is 41.5 Å². The molecule has 1 heterocycles. The summed E-state index contributed by atoms with van der Waals surface area (Å²) < 4.78 is 0. The smallest absolute Gasteiger partial charge is 0.143 e. The predicted molar refractivity (Wildman–Crippen MR) is 77.9 cm³/mol. The fraction of sp³-hybridized carbons (Fsp3) is 0.333. The van der Waals surface area contributed by atoms with Crippen molar-refractivity contribution in [3.8, 4) is 0 Å². The van der Waals surface area contributed by atoms with Gasteiger partial charge in [0, 0.05) is 17.1 Å². The summed E-state index contributed by atoms with van der Waals surface area (Å²) in [6, 6.07) is 10.4. The molecule has 1 aliphatic carbocycles. The van der Waals surface area contributed by atoms with E-state index < -0.39 is 0 Å².